The number of rotatable bonds is 3. The first-order valence-corrected chi connectivity index (χ1v) is 8.65. The van der Waals surface area contributed by atoms with E-state index in [9.17, 15) is 0 Å². The fraction of sp³-hybridized carbons (Fsp3) is 0.933. The Balaban J connectivity index is 1.62. The summed E-state index contributed by atoms with van der Waals surface area (Å²) in [5, 5.41) is 4.91. The van der Waals surface area contributed by atoms with E-state index in [1.807, 2.05) is 11.8 Å². The van der Waals surface area contributed by atoms with E-state index < -0.39 is 0 Å². The van der Waals surface area contributed by atoms with Crippen molar-refractivity contribution in [2.75, 3.05) is 12.4 Å². The molecule has 0 aromatic heterocycles. The Hall–Kier alpha value is -0.220. The minimum absolute atomic E-state index is 0.191. The lowest BCUT2D eigenvalue weighted by atomic mass is 9.65. The minimum Gasteiger partial charge on any atom is -0.378 e. The zero-order chi connectivity index (χ0) is 13.5. The van der Waals surface area contributed by atoms with Crippen LogP contribution in [0, 0.1) is 5.41 Å². The molecule has 2 unspecified atom stereocenters. The van der Waals surface area contributed by atoms with Gasteiger partial charge in [-0.05, 0) is 26.2 Å². The fourth-order valence-electron chi connectivity index (χ4n) is 3.61. The summed E-state index contributed by atoms with van der Waals surface area (Å²) in [6, 6.07) is 0.426. The van der Waals surface area contributed by atoms with Gasteiger partial charge in [0.25, 0.3) is 0 Å². The van der Waals surface area contributed by atoms with Crippen molar-refractivity contribution in [2.45, 2.75) is 70.6 Å². The average molecular weight is 282 g/mol. The maximum Gasteiger partial charge on any atom is 0.157 e. The number of hydrogen-bond acceptors (Lipinski definition) is 3. The van der Waals surface area contributed by atoms with Crippen molar-refractivity contribution in [3.05, 3.63) is 0 Å². The molecule has 1 spiro atoms. The van der Waals surface area contributed by atoms with Crippen LogP contribution in [0.1, 0.15) is 52.9 Å². The van der Waals surface area contributed by atoms with Crippen LogP contribution in [-0.4, -0.2) is 35.2 Å². The Labute approximate surface area is 121 Å². The van der Waals surface area contributed by atoms with Gasteiger partial charge in [0, 0.05) is 23.3 Å². The topological polar surface area (TPSA) is 33.6 Å². The number of aliphatic imine (C=N–C) groups is 1. The standard InChI is InChI=1S/C15H26N2OS/c1-4-18-12-9-11(14(12,2)3)16-13-17-15(10-19-13)7-5-6-8-15/h11-12H,4-10H2,1-3H3,(H,16,17). The lowest BCUT2D eigenvalue weighted by molar-refractivity contribution is -0.103. The highest BCUT2D eigenvalue weighted by Gasteiger charge is 2.50. The van der Waals surface area contributed by atoms with Crippen LogP contribution in [0.4, 0.5) is 0 Å². The van der Waals surface area contributed by atoms with E-state index in [1.165, 1.54) is 36.6 Å². The number of nitrogens with zero attached hydrogens (tertiary/aromatic N) is 1. The predicted molar refractivity (Wildman–Crippen MR) is 81.8 cm³/mol. The van der Waals surface area contributed by atoms with Crippen LogP contribution in [0.15, 0.2) is 4.99 Å². The molecule has 3 aliphatic rings. The molecular weight excluding hydrogens is 256 g/mol. The first kappa shape index (κ1) is 13.7. The molecule has 1 N–H and O–H groups in total. The van der Waals surface area contributed by atoms with Crippen LogP contribution < -0.4 is 5.32 Å². The van der Waals surface area contributed by atoms with Crippen LogP contribution >= 0.6 is 11.8 Å². The molecule has 4 heteroatoms. The average Bonchev–Trinajstić information content (AvgIpc) is 2.99. The van der Waals surface area contributed by atoms with Gasteiger partial charge in [0.2, 0.25) is 0 Å². The first-order valence-electron chi connectivity index (χ1n) is 7.66. The molecule has 2 saturated carbocycles. The van der Waals surface area contributed by atoms with E-state index in [0.717, 1.165) is 13.0 Å². The zero-order valence-electron chi connectivity index (χ0n) is 12.4. The smallest absolute Gasteiger partial charge is 0.157 e. The SMILES string of the molecule is CCOC1CC(N=C2NC3(CCCC3)CS2)C1(C)C. The molecule has 0 aromatic carbocycles. The molecule has 2 atom stereocenters. The van der Waals surface area contributed by atoms with Crippen molar-refractivity contribution in [3.8, 4) is 0 Å². The molecule has 0 bridgehead atoms. The largest absolute Gasteiger partial charge is 0.378 e. The van der Waals surface area contributed by atoms with Gasteiger partial charge in [-0.2, -0.15) is 0 Å². The highest BCUT2D eigenvalue weighted by atomic mass is 32.2. The fourth-order valence-corrected chi connectivity index (χ4v) is 4.87. The summed E-state index contributed by atoms with van der Waals surface area (Å²) >= 11 is 1.93. The molecule has 108 valence electrons. The van der Waals surface area contributed by atoms with Gasteiger partial charge in [-0.3, -0.25) is 4.99 Å². The molecule has 0 amide bonds. The van der Waals surface area contributed by atoms with Crippen LogP contribution in [0.25, 0.3) is 0 Å². The van der Waals surface area contributed by atoms with Crippen molar-refractivity contribution in [3.63, 3.8) is 0 Å². The van der Waals surface area contributed by atoms with Crippen LogP contribution in [-0.2, 0) is 4.74 Å². The minimum atomic E-state index is 0.191. The van der Waals surface area contributed by atoms with Gasteiger partial charge in [0.1, 0.15) is 0 Å². The van der Waals surface area contributed by atoms with Gasteiger partial charge < -0.3 is 10.1 Å². The normalized spacial score (nSPS) is 37.5. The van der Waals surface area contributed by atoms with Gasteiger partial charge in [-0.1, -0.05) is 38.5 Å². The summed E-state index contributed by atoms with van der Waals surface area (Å²) in [5.74, 6) is 1.22. The van der Waals surface area contributed by atoms with Crippen LogP contribution in [0.2, 0.25) is 0 Å². The maximum atomic E-state index is 5.78. The summed E-state index contributed by atoms with van der Waals surface area (Å²) in [4.78, 5) is 4.97. The van der Waals surface area contributed by atoms with E-state index in [2.05, 4.69) is 26.1 Å². The third-order valence-corrected chi connectivity index (χ3v) is 6.36. The summed E-state index contributed by atoms with van der Waals surface area (Å²) in [6.07, 6.45) is 6.88. The number of ether oxygens (including phenoxy) is 1. The van der Waals surface area contributed by atoms with Gasteiger partial charge in [-0.15, -0.1) is 0 Å². The summed E-state index contributed by atoms with van der Waals surface area (Å²) in [5.41, 5.74) is 0.577. The second-order valence-corrected chi connectivity index (χ2v) is 7.82. The van der Waals surface area contributed by atoms with Crippen molar-refractivity contribution in [2.24, 2.45) is 10.4 Å². The molecule has 1 aliphatic heterocycles. The molecule has 1 saturated heterocycles. The second kappa shape index (κ2) is 4.96. The molecule has 3 nitrogen and oxygen atoms in total. The molecule has 0 aromatic rings. The van der Waals surface area contributed by atoms with Crippen molar-refractivity contribution < 1.29 is 4.74 Å². The Morgan fingerprint density at radius 2 is 2.11 bits per heavy atom. The number of amidine groups is 1. The highest BCUT2D eigenvalue weighted by molar-refractivity contribution is 8.14. The maximum absolute atomic E-state index is 5.78. The molecule has 1 heterocycles. The molecule has 2 aliphatic carbocycles. The zero-order valence-corrected chi connectivity index (χ0v) is 13.2. The quantitative estimate of drug-likeness (QED) is 0.863. The van der Waals surface area contributed by atoms with Crippen molar-refractivity contribution in [1.29, 1.82) is 0 Å². The lowest BCUT2D eigenvalue weighted by Crippen LogP contribution is -2.54. The number of nitrogens with one attached hydrogen (secondary N) is 1. The summed E-state index contributed by atoms with van der Waals surface area (Å²) in [6.45, 7) is 7.47. The summed E-state index contributed by atoms with van der Waals surface area (Å²) < 4.78 is 5.78. The van der Waals surface area contributed by atoms with E-state index in [4.69, 9.17) is 9.73 Å². The first-order chi connectivity index (χ1) is 9.06. The van der Waals surface area contributed by atoms with E-state index in [-0.39, 0.29) is 5.41 Å². The van der Waals surface area contributed by atoms with Gasteiger partial charge in [0.05, 0.1) is 12.1 Å². The van der Waals surface area contributed by atoms with Gasteiger partial charge >= 0.3 is 0 Å². The lowest BCUT2D eigenvalue weighted by Gasteiger charge is -2.49. The molecular formula is C15H26N2OS. The highest BCUT2D eigenvalue weighted by Crippen LogP contribution is 2.46. The molecule has 0 radical (unpaired) electrons. The van der Waals surface area contributed by atoms with Gasteiger partial charge in [-0.25, -0.2) is 0 Å². The second-order valence-electron chi connectivity index (χ2n) is 6.85. The van der Waals surface area contributed by atoms with Crippen LogP contribution in [0.5, 0.6) is 0 Å². The molecule has 3 rings (SSSR count). The van der Waals surface area contributed by atoms with Crippen molar-refractivity contribution >= 4 is 16.9 Å². The van der Waals surface area contributed by atoms with E-state index in [0.29, 0.717) is 17.7 Å². The summed E-state index contributed by atoms with van der Waals surface area (Å²) in [7, 11) is 0. The monoisotopic (exact) mass is 282 g/mol. The van der Waals surface area contributed by atoms with Gasteiger partial charge in [0.15, 0.2) is 5.17 Å². The Morgan fingerprint density at radius 3 is 2.74 bits per heavy atom. The predicted octanol–water partition coefficient (Wildman–Crippen LogP) is 3.20. The van der Waals surface area contributed by atoms with Crippen molar-refractivity contribution in [1.82, 2.24) is 5.32 Å². The third-order valence-electron chi connectivity index (χ3n) is 5.18. The Morgan fingerprint density at radius 1 is 1.37 bits per heavy atom. The van der Waals surface area contributed by atoms with E-state index in [1.54, 1.807) is 0 Å². The number of hydrogen-bond donors (Lipinski definition) is 1. The Bertz CT molecular complexity index is 374. The van der Waals surface area contributed by atoms with Crippen LogP contribution in [0.3, 0.4) is 0 Å². The number of thioether (sulfide) groups is 1. The third kappa shape index (κ3) is 2.42. The Kier molecular flexibility index (Phi) is 3.59. The van der Waals surface area contributed by atoms with E-state index >= 15 is 0 Å². The molecule has 19 heavy (non-hydrogen) atoms. The molecule has 3 fully saturated rings.